The van der Waals surface area contributed by atoms with E-state index in [2.05, 4.69) is 29.2 Å². The van der Waals surface area contributed by atoms with Gasteiger partial charge in [-0.1, -0.05) is 26.0 Å². The van der Waals surface area contributed by atoms with Gasteiger partial charge in [-0.3, -0.25) is 15.5 Å². The van der Waals surface area contributed by atoms with Crippen LogP contribution in [0.3, 0.4) is 0 Å². The number of ketones is 1. The van der Waals surface area contributed by atoms with Crippen LogP contribution in [0.4, 0.5) is 5.69 Å². The summed E-state index contributed by atoms with van der Waals surface area (Å²) in [5.41, 5.74) is 7.24. The molecule has 0 radical (unpaired) electrons. The van der Waals surface area contributed by atoms with Gasteiger partial charge in [-0.2, -0.15) is 0 Å². The molecule has 1 atom stereocenters. The highest BCUT2D eigenvalue weighted by atomic mass is 16.5. The van der Waals surface area contributed by atoms with E-state index in [9.17, 15) is 4.79 Å². The van der Waals surface area contributed by atoms with Crippen molar-refractivity contribution in [2.75, 3.05) is 59.1 Å². The van der Waals surface area contributed by atoms with Crippen LogP contribution in [0.25, 0.3) is 0 Å². The van der Waals surface area contributed by atoms with Crippen molar-refractivity contribution >= 4 is 17.8 Å². The van der Waals surface area contributed by atoms with Crippen LogP contribution in [-0.4, -0.2) is 71.2 Å². The number of nitrogens with one attached hydrogen (secondary N) is 1. The Morgan fingerprint density at radius 1 is 1.08 bits per heavy atom. The standard InChI is InChI=1S/C26H35N5O5/c1-17(2)18-7-6-8-21(33-3)25(18)36-15-24(32)26(27)19-13-22(34-4)23(35-5)14-20(19)31(16-29-26)30-11-9-28-10-12-30/h6-8,13-14,16-17,28H,9-12,15,27H2,1-5H3. The van der Waals surface area contributed by atoms with Crippen LogP contribution in [0.2, 0.25) is 0 Å². The van der Waals surface area contributed by atoms with E-state index in [1.165, 1.54) is 0 Å². The van der Waals surface area contributed by atoms with Crippen molar-refractivity contribution in [1.29, 1.82) is 0 Å². The van der Waals surface area contributed by atoms with Gasteiger partial charge in [0.2, 0.25) is 11.4 Å². The first-order valence-electron chi connectivity index (χ1n) is 12.0. The second-order valence-electron chi connectivity index (χ2n) is 9.03. The lowest BCUT2D eigenvalue weighted by Crippen LogP contribution is -2.56. The lowest BCUT2D eigenvalue weighted by Gasteiger charge is -2.42. The monoisotopic (exact) mass is 497 g/mol. The fraction of sp³-hybridized carbons (Fsp3) is 0.462. The van der Waals surface area contributed by atoms with Crippen LogP contribution >= 0.6 is 0 Å². The zero-order chi connectivity index (χ0) is 25.9. The number of para-hydroxylation sites is 1. The summed E-state index contributed by atoms with van der Waals surface area (Å²) in [4.78, 5) is 18.2. The molecule has 1 unspecified atom stereocenters. The number of piperazine rings is 1. The Morgan fingerprint density at radius 3 is 2.39 bits per heavy atom. The van der Waals surface area contributed by atoms with Gasteiger partial charge in [0, 0.05) is 43.4 Å². The fourth-order valence-corrected chi connectivity index (χ4v) is 4.51. The lowest BCUT2D eigenvalue weighted by atomic mass is 9.92. The summed E-state index contributed by atoms with van der Waals surface area (Å²) in [6, 6.07) is 9.22. The molecule has 3 N–H and O–H groups in total. The number of hydrogen-bond donors (Lipinski definition) is 2. The highest BCUT2D eigenvalue weighted by Gasteiger charge is 2.43. The molecule has 194 valence electrons. The van der Waals surface area contributed by atoms with E-state index in [-0.39, 0.29) is 12.5 Å². The first-order chi connectivity index (χ1) is 17.3. The molecule has 0 amide bonds. The number of hydrogen-bond acceptors (Lipinski definition) is 10. The Morgan fingerprint density at radius 2 is 1.75 bits per heavy atom. The number of ether oxygens (including phenoxy) is 4. The lowest BCUT2D eigenvalue weighted by molar-refractivity contribution is -0.126. The molecule has 0 aliphatic carbocycles. The first-order valence-corrected chi connectivity index (χ1v) is 12.0. The normalized spacial score (nSPS) is 19.7. The smallest absolute Gasteiger partial charge is 0.216 e. The van der Waals surface area contributed by atoms with Crippen molar-refractivity contribution in [1.82, 2.24) is 10.3 Å². The van der Waals surface area contributed by atoms with Gasteiger partial charge < -0.3 is 24.3 Å². The quantitative estimate of drug-likeness (QED) is 0.539. The highest BCUT2D eigenvalue weighted by Crippen LogP contribution is 2.43. The van der Waals surface area contributed by atoms with Gasteiger partial charge in [0.05, 0.1) is 27.0 Å². The van der Waals surface area contributed by atoms with Crippen molar-refractivity contribution in [2.45, 2.75) is 25.4 Å². The second-order valence-corrected chi connectivity index (χ2v) is 9.03. The van der Waals surface area contributed by atoms with E-state index in [1.807, 2.05) is 23.2 Å². The van der Waals surface area contributed by atoms with Gasteiger partial charge in [0.1, 0.15) is 6.34 Å². The Bertz CT molecular complexity index is 1130. The predicted octanol–water partition coefficient (Wildman–Crippen LogP) is 2.26. The first kappa shape index (κ1) is 25.7. The molecule has 10 nitrogen and oxygen atoms in total. The van der Waals surface area contributed by atoms with E-state index in [1.54, 1.807) is 39.8 Å². The van der Waals surface area contributed by atoms with Gasteiger partial charge in [-0.15, -0.1) is 0 Å². The van der Waals surface area contributed by atoms with Gasteiger partial charge in [-0.05, 0) is 18.1 Å². The molecule has 0 aromatic heterocycles. The second kappa shape index (κ2) is 10.7. The fourth-order valence-electron chi connectivity index (χ4n) is 4.51. The Hall–Kier alpha value is -3.34. The molecule has 2 heterocycles. The van der Waals surface area contributed by atoms with E-state index < -0.39 is 11.4 Å². The molecule has 2 aromatic rings. The maximum atomic E-state index is 13.7. The van der Waals surface area contributed by atoms with Crippen molar-refractivity contribution in [3.05, 3.63) is 41.5 Å². The topological polar surface area (TPSA) is 111 Å². The summed E-state index contributed by atoms with van der Waals surface area (Å²) >= 11 is 0. The van der Waals surface area contributed by atoms with Gasteiger partial charge in [0.25, 0.3) is 0 Å². The van der Waals surface area contributed by atoms with Crippen molar-refractivity contribution < 1.29 is 23.7 Å². The number of rotatable bonds is 9. The molecule has 1 fully saturated rings. The number of aliphatic imine (C=N–C) groups is 1. The summed E-state index contributed by atoms with van der Waals surface area (Å²) in [7, 11) is 4.69. The molecule has 36 heavy (non-hydrogen) atoms. The molecule has 2 aliphatic rings. The molecule has 10 heteroatoms. The molecule has 0 spiro atoms. The highest BCUT2D eigenvalue weighted by molar-refractivity contribution is 5.98. The van der Waals surface area contributed by atoms with E-state index in [0.29, 0.717) is 34.2 Å². The maximum absolute atomic E-state index is 13.7. The zero-order valence-electron chi connectivity index (χ0n) is 21.5. The largest absolute Gasteiger partial charge is 0.493 e. The van der Waals surface area contributed by atoms with Gasteiger partial charge in [-0.25, -0.2) is 10.0 Å². The number of nitrogens with two attached hydrogens (primary N) is 1. The average Bonchev–Trinajstić information content (AvgIpc) is 2.91. The molecular weight excluding hydrogens is 462 g/mol. The van der Waals surface area contributed by atoms with Crippen LogP contribution < -0.4 is 35.0 Å². The average molecular weight is 498 g/mol. The maximum Gasteiger partial charge on any atom is 0.216 e. The number of fused-ring (bicyclic) bond motifs is 1. The Labute approximate surface area is 211 Å². The number of hydrazine groups is 1. The van der Waals surface area contributed by atoms with Crippen molar-refractivity contribution in [3.63, 3.8) is 0 Å². The Kier molecular flexibility index (Phi) is 7.67. The summed E-state index contributed by atoms with van der Waals surface area (Å²) in [6.07, 6.45) is 1.61. The number of Topliss-reactive ketones (excluding diaryl/α,β-unsaturated/α-hetero) is 1. The third-order valence-corrected chi connectivity index (χ3v) is 6.55. The SMILES string of the molecule is COc1cc2c(cc1OC)C(N)(C(=O)COc1c(OC)cccc1C(C)C)N=CN2N1CCNCC1. The zero-order valence-corrected chi connectivity index (χ0v) is 21.5. The number of carbonyl (C=O) groups excluding carboxylic acids is 1. The van der Waals surface area contributed by atoms with Gasteiger partial charge in [0.15, 0.2) is 29.6 Å². The number of anilines is 1. The van der Waals surface area contributed by atoms with E-state index in [0.717, 1.165) is 31.7 Å². The molecular formula is C26H35N5O5. The summed E-state index contributed by atoms with van der Waals surface area (Å²) in [6.45, 7) is 7.06. The molecule has 2 aliphatic heterocycles. The molecule has 4 rings (SSSR count). The predicted molar refractivity (Wildman–Crippen MR) is 138 cm³/mol. The van der Waals surface area contributed by atoms with Gasteiger partial charge >= 0.3 is 0 Å². The summed E-state index contributed by atoms with van der Waals surface area (Å²) in [5.74, 6) is 1.87. The van der Waals surface area contributed by atoms with Crippen molar-refractivity contribution in [2.24, 2.45) is 10.7 Å². The molecule has 1 saturated heterocycles. The number of nitrogens with zero attached hydrogens (tertiary/aromatic N) is 3. The number of carbonyl (C=O) groups is 1. The number of benzene rings is 2. The van der Waals surface area contributed by atoms with Crippen LogP contribution in [0, 0.1) is 0 Å². The van der Waals surface area contributed by atoms with Crippen LogP contribution in [-0.2, 0) is 10.5 Å². The van der Waals surface area contributed by atoms with E-state index >= 15 is 0 Å². The molecule has 0 bridgehead atoms. The third kappa shape index (κ3) is 4.71. The Balaban J connectivity index is 1.70. The van der Waals surface area contributed by atoms with Crippen molar-refractivity contribution in [3.8, 4) is 23.0 Å². The van der Waals surface area contributed by atoms with E-state index in [4.69, 9.17) is 24.7 Å². The van der Waals surface area contributed by atoms with Crippen LogP contribution in [0.1, 0.15) is 30.9 Å². The minimum atomic E-state index is -1.67. The summed E-state index contributed by atoms with van der Waals surface area (Å²) < 4.78 is 22.6. The minimum absolute atomic E-state index is 0.176. The minimum Gasteiger partial charge on any atom is -0.493 e. The summed E-state index contributed by atoms with van der Waals surface area (Å²) in [5, 5.41) is 7.42. The third-order valence-electron chi connectivity index (χ3n) is 6.55. The van der Waals surface area contributed by atoms with Crippen LogP contribution in [0.5, 0.6) is 23.0 Å². The molecule has 2 aromatic carbocycles. The number of methoxy groups -OCH3 is 3. The van der Waals surface area contributed by atoms with Crippen LogP contribution in [0.15, 0.2) is 35.3 Å². The molecule has 0 saturated carbocycles.